The Hall–Kier alpha value is -1.39. The first-order valence-electron chi connectivity index (χ1n) is 6.19. The van der Waals surface area contributed by atoms with Crippen LogP contribution in [0.25, 0.3) is 11.0 Å². The summed E-state index contributed by atoms with van der Waals surface area (Å²) in [6, 6.07) is 6.12. The summed E-state index contributed by atoms with van der Waals surface area (Å²) in [7, 11) is 0. The van der Waals surface area contributed by atoms with Crippen LogP contribution < -0.4 is 0 Å². The second-order valence-corrected chi connectivity index (χ2v) is 5.69. The molecule has 0 radical (unpaired) electrons. The summed E-state index contributed by atoms with van der Waals surface area (Å²) in [5.74, 6) is 0.907. The van der Waals surface area contributed by atoms with E-state index in [4.69, 9.17) is 4.74 Å². The Morgan fingerprint density at radius 3 is 2.67 bits per heavy atom. The Labute approximate surface area is 106 Å². The molecule has 96 valence electrons. The Kier molecular flexibility index (Phi) is 2.31. The lowest BCUT2D eigenvalue weighted by Gasteiger charge is -2.50. The number of aliphatic hydroxyl groups is 1. The predicted octanol–water partition coefficient (Wildman–Crippen LogP) is 1.91. The maximum Gasteiger partial charge on any atom is 0.104 e. The van der Waals surface area contributed by atoms with Gasteiger partial charge in [-0.2, -0.15) is 0 Å². The summed E-state index contributed by atoms with van der Waals surface area (Å²) >= 11 is 0. The first-order chi connectivity index (χ1) is 8.42. The van der Waals surface area contributed by atoms with Gasteiger partial charge >= 0.3 is 0 Å². The number of H-pyrrole nitrogens is 1. The molecule has 1 fully saturated rings. The lowest BCUT2D eigenvalue weighted by molar-refractivity contribution is -0.157. The van der Waals surface area contributed by atoms with Gasteiger partial charge in [-0.3, -0.25) is 0 Å². The number of aromatic nitrogens is 2. The molecule has 0 saturated carbocycles. The number of nitrogens with one attached hydrogen (secondary N) is 1. The molecule has 18 heavy (non-hydrogen) atoms. The number of imidazole rings is 1. The Balaban J connectivity index is 2.13. The molecular formula is C14H18N2O2. The van der Waals surface area contributed by atoms with Gasteiger partial charge in [0, 0.05) is 0 Å². The number of aromatic amines is 1. The predicted molar refractivity (Wildman–Crippen MR) is 69.6 cm³/mol. The summed E-state index contributed by atoms with van der Waals surface area (Å²) in [5, 5.41) is 10.4. The molecule has 0 aliphatic carbocycles. The van der Waals surface area contributed by atoms with Crippen LogP contribution in [0.5, 0.6) is 0 Å². The van der Waals surface area contributed by atoms with Crippen molar-refractivity contribution in [2.45, 2.75) is 31.8 Å². The molecule has 0 atom stereocenters. The number of fused-ring (bicyclic) bond motifs is 1. The van der Waals surface area contributed by atoms with E-state index in [2.05, 4.69) is 16.0 Å². The largest absolute Gasteiger partial charge is 0.389 e. The van der Waals surface area contributed by atoms with Gasteiger partial charge in [-0.15, -0.1) is 0 Å². The molecule has 1 aromatic carbocycles. The standard InChI is InChI=1S/C14H18N2O2/c1-9-15-11-5-4-10(6-12(11)16-9)14(7-18-8-14)13(2,3)17/h4-6,17H,7-8H2,1-3H3,(H,15,16). The zero-order valence-electron chi connectivity index (χ0n) is 10.9. The molecule has 2 N–H and O–H groups in total. The maximum atomic E-state index is 10.4. The zero-order chi connectivity index (χ0) is 13.0. The molecule has 4 heteroatoms. The zero-order valence-corrected chi connectivity index (χ0v) is 10.9. The van der Waals surface area contributed by atoms with Gasteiger partial charge in [0.05, 0.1) is 35.3 Å². The van der Waals surface area contributed by atoms with Crippen molar-refractivity contribution in [3.05, 3.63) is 29.6 Å². The summed E-state index contributed by atoms with van der Waals surface area (Å²) in [6.07, 6.45) is 0. The van der Waals surface area contributed by atoms with Crippen LogP contribution in [-0.2, 0) is 10.2 Å². The second kappa shape index (κ2) is 3.56. The fourth-order valence-corrected chi connectivity index (χ4v) is 2.61. The molecule has 1 aliphatic rings. The molecule has 0 unspecified atom stereocenters. The fraction of sp³-hybridized carbons (Fsp3) is 0.500. The average molecular weight is 246 g/mol. The van der Waals surface area contributed by atoms with Gasteiger partial charge in [0.25, 0.3) is 0 Å². The van der Waals surface area contributed by atoms with E-state index in [0.717, 1.165) is 22.4 Å². The van der Waals surface area contributed by atoms with Crippen LogP contribution in [0.3, 0.4) is 0 Å². The molecule has 4 nitrogen and oxygen atoms in total. The molecule has 1 aliphatic heterocycles. The third-order valence-electron chi connectivity index (χ3n) is 4.02. The molecule has 1 saturated heterocycles. The quantitative estimate of drug-likeness (QED) is 0.851. The van der Waals surface area contributed by atoms with E-state index in [0.29, 0.717) is 13.2 Å². The van der Waals surface area contributed by atoms with Crippen LogP contribution >= 0.6 is 0 Å². The summed E-state index contributed by atoms with van der Waals surface area (Å²) in [6.45, 7) is 6.76. The molecule has 0 bridgehead atoms. The van der Waals surface area contributed by atoms with Crippen molar-refractivity contribution in [2.24, 2.45) is 0 Å². The lowest BCUT2D eigenvalue weighted by Crippen LogP contribution is -2.60. The minimum absolute atomic E-state index is 0.305. The highest BCUT2D eigenvalue weighted by atomic mass is 16.5. The van der Waals surface area contributed by atoms with Crippen molar-refractivity contribution in [3.63, 3.8) is 0 Å². The van der Waals surface area contributed by atoms with Gasteiger partial charge in [-0.25, -0.2) is 4.98 Å². The van der Waals surface area contributed by atoms with Gasteiger partial charge in [0.2, 0.25) is 0 Å². The fourth-order valence-electron chi connectivity index (χ4n) is 2.61. The number of benzene rings is 1. The van der Waals surface area contributed by atoms with Crippen LogP contribution in [0.4, 0.5) is 0 Å². The third kappa shape index (κ3) is 1.49. The van der Waals surface area contributed by atoms with Gasteiger partial charge in [0.15, 0.2) is 0 Å². The Bertz CT molecular complexity index is 591. The summed E-state index contributed by atoms with van der Waals surface area (Å²) in [4.78, 5) is 7.63. The smallest absolute Gasteiger partial charge is 0.104 e. The highest BCUT2D eigenvalue weighted by Gasteiger charge is 2.51. The SMILES string of the molecule is Cc1nc2ccc(C3(C(C)(C)O)COC3)cc2[nH]1. The number of rotatable bonds is 2. The molecular weight excluding hydrogens is 228 g/mol. The molecule has 1 aromatic heterocycles. The van der Waals surface area contributed by atoms with Crippen molar-refractivity contribution in [1.29, 1.82) is 0 Å². The second-order valence-electron chi connectivity index (χ2n) is 5.69. The van der Waals surface area contributed by atoms with Gasteiger partial charge < -0.3 is 14.8 Å². The van der Waals surface area contributed by atoms with Crippen LogP contribution in [0.15, 0.2) is 18.2 Å². The highest BCUT2D eigenvalue weighted by molar-refractivity contribution is 5.76. The highest BCUT2D eigenvalue weighted by Crippen LogP contribution is 2.42. The minimum atomic E-state index is -0.798. The minimum Gasteiger partial charge on any atom is -0.389 e. The van der Waals surface area contributed by atoms with E-state index in [9.17, 15) is 5.11 Å². The van der Waals surface area contributed by atoms with Crippen molar-refractivity contribution >= 4 is 11.0 Å². The lowest BCUT2D eigenvalue weighted by atomic mass is 9.67. The van der Waals surface area contributed by atoms with Crippen molar-refractivity contribution in [1.82, 2.24) is 9.97 Å². The van der Waals surface area contributed by atoms with Crippen molar-refractivity contribution in [3.8, 4) is 0 Å². The van der Waals surface area contributed by atoms with Crippen molar-refractivity contribution in [2.75, 3.05) is 13.2 Å². The van der Waals surface area contributed by atoms with E-state index < -0.39 is 5.60 Å². The molecule has 0 amide bonds. The number of hydrogen-bond acceptors (Lipinski definition) is 3. The number of hydrogen-bond donors (Lipinski definition) is 2. The number of ether oxygens (including phenoxy) is 1. The molecule has 0 spiro atoms. The first-order valence-corrected chi connectivity index (χ1v) is 6.19. The Morgan fingerprint density at radius 2 is 2.11 bits per heavy atom. The van der Waals surface area contributed by atoms with Crippen LogP contribution in [0.2, 0.25) is 0 Å². The summed E-state index contributed by atoms with van der Waals surface area (Å²) < 4.78 is 5.35. The van der Waals surface area contributed by atoms with Crippen LogP contribution in [-0.4, -0.2) is 33.9 Å². The first kappa shape index (κ1) is 11.7. The Morgan fingerprint density at radius 1 is 1.39 bits per heavy atom. The van der Waals surface area contributed by atoms with Gasteiger partial charge in [0.1, 0.15) is 5.82 Å². The monoisotopic (exact) mass is 246 g/mol. The molecule has 2 aromatic rings. The number of nitrogens with zero attached hydrogens (tertiary/aromatic N) is 1. The average Bonchev–Trinajstić information content (AvgIpc) is 2.52. The normalized spacial score (nSPS) is 18.9. The topological polar surface area (TPSA) is 58.1 Å². The molecule has 3 rings (SSSR count). The van der Waals surface area contributed by atoms with E-state index in [-0.39, 0.29) is 5.41 Å². The van der Waals surface area contributed by atoms with Crippen molar-refractivity contribution < 1.29 is 9.84 Å². The summed E-state index contributed by atoms with van der Waals surface area (Å²) in [5.41, 5.74) is 1.98. The van der Waals surface area contributed by atoms with E-state index in [1.807, 2.05) is 32.9 Å². The maximum absolute atomic E-state index is 10.4. The van der Waals surface area contributed by atoms with Gasteiger partial charge in [-0.1, -0.05) is 6.07 Å². The van der Waals surface area contributed by atoms with E-state index in [1.54, 1.807) is 0 Å². The van der Waals surface area contributed by atoms with E-state index >= 15 is 0 Å². The van der Waals surface area contributed by atoms with Crippen LogP contribution in [0, 0.1) is 6.92 Å². The van der Waals surface area contributed by atoms with Gasteiger partial charge in [-0.05, 0) is 38.5 Å². The van der Waals surface area contributed by atoms with Crippen LogP contribution in [0.1, 0.15) is 25.2 Å². The third-order valence-corrected chi connectivity index (χ3v) is 4.02. The number of aryl methyl sites for hydroxylation is 1. The molecule has 2 heterocycles. The van der Waals surface area contributed by atoms with E-state index in [1.165, 1.54) is 0 Å².